The van der Waals surface area contributed by atoms with Crippen LogP contribution in [0.5, 0.6) is 0 Å². The van der Waals surface area contributed by atoms with Gasteiger partial charge in [0.15, 0.2) is 0 Å². The summed E-state index contributed by atoms with van der Waals surface area (Å²) < 4.78 is 13.2. The van der Waals surface area contributed by atoms with E-state index in [9.17, 15) is 9.18 Å². The predicted octanol–water partition coefficient (Wildman–Crippen LogP) is 3.90. The third-order valence-corrected chi connectivity index (χ3v) is 3.78. The minimum atomic E-state index is -0.311. The van der Waals surface area contributed by atoms with E-state index in [2.05, 4.69) is 0 Å². The molecule has 3 heteroatoms. The van der Waals surface area contributed by atoms with Crippen molar-refractivity contribution in [2.24, 2.45) is 0 Å². The van der Waals surface area contributed by atoms with Crippen LogP contribution in [0, 0.1) is 12.7 Å². The molecule has 0 heterocycles. The maximum absolute atomic E-state index is 13.2. The Labute approximate surface area is 125 Å². The van der Waals surface area contributed by atoms with E-state index in [0.29, 0.717) is 5.56 Å². The van der Waals surface area contributed by atoms with Gasteiger partial charge < -0.3 is 4.90 Å². The minimum absolute atomic E-state index is 0.00772. The summed E-state index contributed by atoms with van der Waals surface area (Å²) in [6.45, 7) is 4.03. The Hall–Kier alpha value is -2.16. The van der Waals surface area contributed by atoms with Crippen LogP contribution in [0.1, 0.15) is 29.7 Å². The Morgan fingerprint density at radius 1 is 1.19 bits per heavy atom. The van der Waals surface area contributed by atoms with Crippen LogP contribution in [0.25, 0.3) is 0 Å². The van der Waals surface area contributed by atoms with Gasteiger partial charge >= 0.3 is 0 Å². The van der Waals surface area contributed by atoms with Gasteiger partial charge in [-0.05, 0) is 37.1 Å². The van der Waals surface area contributed by atoms with Crippen LogP contribution in [-0.2, 0) is 11.2 Å². The van der Waals surface area contributed by atoms with Crippen LogP contribution in [-0.4, -0.2) is 17.9 Å². The summed E-state index contributed by atoms with van der Waals surface area (Å²) in [7, 11) is 1.78. The highest BCUT2D eigenvalue weighted by Crippen LogP contribution is 2.20. The number of benzene rings is 2. The molecule has 0 radical (unpaired) electrons. The van der Waals surface area contributed by atoms with Crippen molar-refractivity contribution in [3.8, 4) is 0 Å². The van der Waals surface area contributed by atoms with Gasteiger partial charge in [0.1, 0.15) is 5.82 Å². The second-order valence-electron chi connectivity index (χ2n) is 5.40. The largest absolute Gasteiger partial charge is 0.339 e. The van der Waals surface area contributed by atoms with Gasteiger partial charge in [0, 0.05) is 7.05 Å². The lowest BCUT2D eigenvalue weighted by molar-refractivity contribution is -0.131. The van der Waals surface area contributed by atoms with Crippen molar-refractivity contribution in [1.82, 2.24) is 4.90 Å². The molecule has 1 atom stereocenters. The number of carbonyl (C=O) groups excluding carboxylic acids is 1. The quantitative estimate of drug-likeness (QED) is 0.834. The zero-order chi connectivity index (χ0) is 15.4. The molecule has 2 nitrogen and oxygen atoms in total. The molecule has 0 aliphatic carbocycles. The van der Waals surface area contributed by atoms with Gasteiger partial charge in [-0.3, -0.25) is 4.79 Å². The fraction of sp³-hybridized carbons (Fsp3) is 0.278. The van der Waals surface area contributed by atoms with E-state index in [4.69, 9.17) is 0 Å². The molecule has 21 heavy (non-hydrogen) atoms. The lowest BCUT2D eigenvalue weighted by Crippen LogP contribution is -2.31. The molecule has 0 spiro atoms. The molecule has 2 rings (SSSR count). The van der Waals surface area contributed by atoms with Gasteiger partial charge in [0.05, 0.1) is 12.5 Å². The van der Waals surface area contributed by atoms with Crippen LogP contribution in [0.3, 0.4) is 0 Å². The van der Waals surface area contributed by atoms with E-state index >= 15 is 0 Å². The summed E-state index contributed by atoms with van der Waals surface area (Å²) in [6.07, 6.45) is 0.213. The number of aryl methyl sites for hydroxylation is 1. The molecule has 1 unspecified atom stereocenters. The molecule has 0 bridgehead atoms. The van der Waals surface area contributed by atoms with E-state index in [1.54, 1.807) is 24.1 Å². The Bertz CT molecular complexity index is 621. The lowest BCUT2D eigenvalue weighted by atomic mass is 10.0. The molecule has 0 saturated heterocycles. The van der Waals surface area contributed by atoms with Gasteiger partial charge in [-0.1, -0.05) is 42.0 Å². The summed E-state index contributed by atoms with van der Waals surface area (Å²) in [5.74, 6) is -0.330. The minimum Gasteiger partial charge on any atom is -0.339 e. The van der Waals surface area contributed by atoms with Crippen molar-refractivity contribution >= 4 is 5.91 Å². The van der Waals surface area contributed by atoms with Crippen LogP contribution >= 0.6 is 0 Å². The summed E-state index contributed by atoms with van der Waals surface area (Å²) in [5, 5.41) is 0. The van der Waals surface area contributed by atoms with Crippen molar-refractivity contribution in [1.29, 1.82) is 0 Å². The number of rotatable bonds is 4. The highest BCUT2D eigenvalue weighted by atomic mass is 19.1. The van der Waals surface area contributed by atoms with E-state index in [1.165, 1.54) is 17.7 Å². The molecule has 2 aromatic rings. The van der Waals surface area contributed by atoms with Crippen molar-refractivity contribution < 1.29 is 9.18 Å². The molecule has 0 fully saturated rings. The highest BCUT2D eigenvalue weighted by Gasteiger charge is 2.17. The fourth-order valence-corrected chi connectivity index (χ4v) is 2.23. The second-order valence-corrected chi connectivity index (χ2v) is 5.40. The second kappa shape index (κ2) is 6.53. The first-order chi connectivity index (χ1) is 9.97. The number of amides is 1. The lowest BCUT2D eigenvalue weighted by Gasteiger charge is -2.25. The molecule has 110 valence electrons. The molecule has 0 N–H and O–H groups in total. The molecule has 2 aromatic carbocycles. The maximum atomic E-state index is 13.2. The van der Waals surface area contributed by atoms with Crippen molar-refractivity contribution in [2.75, 3.05) is 7.05 Å². The number of hydrogen-bond donors (Lipinski definition) is 0. The molecular formula is C18H20FNO. The molecular weight excluding hydrogens is 265 g/mol. The van der Waals surface area contributed by atoms with Gasteiger partial charge in [0.25, 0.3) is 0 Å². The molecule has 0 aliphatic heterocycles. The Morgan fingerprint density at radius 3 is 2.48 bits per heavy atom. The summed E-state index contributed by atoms with van der Waals surface area (Å²) in [6, 6.07) is 14.3. The first-order valence-electron chi connectivity index (χ1n) is 7.04. The molecule has 0 saturated carbocycles. The van der Waals surface area contributed by atoms with Crippen LogP contribution in [0.4, 0.5) is 4.39 Å². The van der Waals surface area contributed by atoms with Crippen molar-refractivity contribution in [3.63, 3.8) is 0 Å². The number of hydrogen-bond acceptors (Lipinski definition) is 1. The molecule has 0 aliphatic rings. The summed E-state index contributed by atoms with van der Waals surface area (Å²) in [5.41, 5.74) is 2.98. The fourth-order valence-electron chi connectivity index (χ4n) is 2.23. The van der Waals surface area contributed by atoms with E-state index < -0.39 is 0 Å². The maximum Gasteiger partial charge on any atom is 0.227 e. The standard InChI is InChI=1S/C18H20FNO/c1-13-7-9-16(10-8-13)14(2)20(3)18(21)12-15-5-4-6-17(19)11-15/h4-11,14H,12H2,1-3H3. The third kappa shape index (κ3) is 3.91. The van der Waals surface area contributed by atoms with Gasteiger partial charge in [0.2, 0.25) is 5.91 Å². The topological polar surface area (TPSA) is 20.3 Å². The Kier molecular flexibility index (Phi) is 4.73. The smallest absolute Gasteiger partial charge is 0.227 e. The number of nitrogens with zero attached hydrogens (tertiary/aromatic N) is 1. The van der Waals surface area contributed by atoms with Crippen molar-refractivity contribution in [2.45, 2.75) is 26.3 Å². The van der Waals surface area contributed by atoms with Gasteiger partial charge in [-0.15, -0.1) is 0 Å². The Morgan fingerprint density at radius 2 is 1.86 bits per heavy atom. The summed E-state index contributed by atoms with van der Waals surface area (Å²) in [4.78, 5) is 14.0. The third-order valence-electron chi connectivity index (χ3n) is 3.78. The zero-order valence-electron chi connectivity index (χ0n) is 12.6. The first kappa shape index (κ1) is 15.2. The predicted molar refractivity (Wildman–Crippen MR) is 82.5 cm³/mol. The Balaban J connectivity index is 2.06. The van der Waals surface area contributed by atoms with Crippen LogP contribution in [0.15, 0.2) is 48.5 Å². The first-order valence-corrected chi connectivity index (χ1v) is 7.04. The van der Waals surface area contributed by atoms with Gasteiger partial charge in [-0.2, -0.15) is 0 Å². The SMILES string of the molecule is Cc1ccc(C(C)N(C)C(=O)Cc2cccc(F)c2)cc1. The van der Waals surface area contributed by atoms with Crippen molar-refractivity contribution in [3.05, 3.63) is 71.0 Å². The number of likely N-dealkylation sites (N-methyl/N-ethyl adjacent to an activating group) is 1. The van der Waals surface area contributed by atoms with E-state index in [-0.39, 0.29) is 24.2 Å². The highest BCUT2D eigenvalue weighted by molar-refractivity contribution is 5.79. The molecule has 0 aromatic heterocycles. The number of halogens is 1. The van der Waals surface area contributed by atoms with E-state index in [0.717, 1.165) is 5.56 Å². The van der Waals surface area contributed by atoms with Crippen LogP contribution < -0.4 is 0 Å². The summed E-state index contributed by atoms with van der Waals surface area (Å²) >= 11 is 0. The zero-order valence-corrected chi connectivity index (χ0v) is 12.6. The number of carbonyl (C=O) groups is 1. The average Bonchev–Trinajstić information content (AvgIpc) is 2.46. The monoisotopic (exact) mass is 285 g/mol. The average molecular weight is 285 g/mol. The molecule has 1 amide bonds. The van der Waals surface area contributed by atoms with Crippen LogP contribution in [0.2, 0.25) is 0 Å². The van der Waals surface area contributed by atoms with E-state index in [1.807, 2.05) is 38.1 Å². The normalized spacial score (nSPS) is 12.0. The van der Waals surface area contributed by atoms with Gasteiger partial charge in [-0.25, -0.2) is 4.39 Å².